The molecule has 2 amide bonds. The van der Waals surface area contributed by atoms with Crippen LogP contribution in [0.1, 0.15) is 31.2 Å². The molecule has 0 unspecified atom stereocenters. The van der Waals surface area contributed by atoms with E-state index in [0.717, 1.165) is 40.3 Å². The summed E-state index contributed by atoms with van der Waals surface area (Å²) in [4.78, 5) is 22.3. The number of aryl methyl sites for hydroxylation is 1. The molecule has 34 heavy (non-hydrogen) atoms. The number of aromatic nitrogens is 3. The van der Waals surface area contributed by atoms with Crippen LogP contribution in [0.25, 0.3) is 16.2 Å². The van der Waals surface area contributed by atoms with Gasteiger partial charge >= 0.3 is 6.03 Å². The molecular weight excluding hydrogens is 450 g/mol. The molecule has 9 nitrogen and oxygen atoms in total. The van der Waals surface area contributed by atoms with Crippen molar-refractivity contribution in [2.75, 3.05) is 56.7 Å². The molecule has 10 heteroatoms. The Morgan fingerprint density at radius 2 is 2.00 bits per heavy atom. The number of amides is 2. The molecule has 1 aliphatic heterocycles. The van der Waals surface area contributed by atoms with Crippen molar-refractivity contribution in [1.82, 2.24) is 24.8 Å². The highest BCUT2D eigenvalue weighted by Crippen LogP contribution is 2.35. The minimum absolute atomic E-state index is 0.0310. The molecule has 0 spiro atoms. The minimum atomic E-state index is -0.0310. The molecule has 2 aliphatic rings. The van der Waals surface area contributed by atoms with Gasteiger partial charge in [-0.1, -0.05) is 47.9 Å². The zero-order valence-corrected chi connectivity index (χ0v) is 20.7. The SMILES string of the molecule is COCCNC(=O)N1CCN(c2nn3c(NC4CCCC4)c(-c4cccc(C)c4)nc3s2)CC1. The van der Waals surface area contributed by atoms with Crippen LogP contribution >= 0.6 is 11.3 Å². The van der Waals surface area contributed by atoms with Gasteiger partial charge in [0.25, 0.3) is 0 Å². The molecule has 0 atom stereocenters. The fourth-order valence-electron chi connectivity index (χ4n) is 4.73. The average Bonchev–Trinajstić information content (AvgIpc) is 3.57. The summed E-state index contributed by atoms with van der Waals surface area (Å²) < 4.78 is 6.99. The predicted octanol–water partition coefficient (Wildman–Crippen LogP) is 3.60. The van der Waals surface area contributed by atoms with Crippen LogP contribution in [0.2, 0.25) is 0 Å². The van der Waals surface area contributed by atoms with Crippen molar-refractivity contribution in [2.45, 2.75) is 38.6 Å². The van der Waals surface area contributed by atoms with Crippen LogP contribution in [0.3, 0.4) is 0 Å². The summed E-state index contributed by atoms with van der Waals surface area (Å²) >= 11 is 1.61. The van der Waals surface area contributed by atoms with Crippen molar-refractivity contribution >= 4 is 33.3 Å². The number of imidazole rings is 1. The van der Waals surface area contributed by atoms with Crippen molar-refractivity contribution in [3.05, 3.63) is 29.8 Å². The second kappa shape index (κ2) is 10.2. The molecule has 182 valence electrons. The van der Waals surface area contributed by atoms with Crippen LogP contribution < -0.4 is 15.5 Å². The highest BCUT2D eigenvalue weighted by atomic mass is 32.1. The topological polar surface area (TPSA) is 87.0 Å². The molecule has 0 bridgehead atoms. The van der Waals surface area contributed by atoms with Crippen LogP contribution in [0.15, 0.2) is 24.3 Å². The summed E-state index contributed by atoms with van der Waals surface area (Å²) in [6.45, 7) is 6.01. The van der Waals surface area contributed by atoms with E-state index in [9.17, 15) is 4.79 Å². The molecule has 2 N–H and O–H groups in total. The smallest absolute Gasteiger partial charge is 0.317 e. The number of piperazine rings is 1. The Hall–Kier alpha value is -2.85. The van der Waals surface area contributed by atoms with E-state index < -0.39 is 0 Å². The van der Waals surface area contributed by atoms with Crippen molar-refractivity contribution in [1.29, 1.82) is 0 Å². The molecule has 3 heterocycles. The molecule has 3 aromatic rings. The molecule has 2 fully saturated rings. The van der Waals surface area contributed by atoms with E-state index in [4.69, 9.17) is 14.8 Å². The Kier molecular flexibility index (Phi) is 6.87. The first kappa shape index (κ1) is 22.9. The molecule has 1 saturated heterocycles. The lowest BCUT2D eigenvalue weighted by Gasteiger charge is -2.34. The van der Waals surface area contributed by atoms with Gasteiger partial charge in [-0.15, -0.1) is 5.10 Å². The third-order valence-electron chi connectivity index (χ3n) is 6.60. The van der Waals surface area contributed by atoms with Crippen molar-refractivity contribution in [3.8, 4) is 11.3 Å². The van der Waals surface area contributed by atoms with Gasteiger partial charge in [0, 0.05) is 51.4 Å². The quantitative estimate of drug-likeness (QED) is 0.500. The lowest BCUT2D eigenvalue weighted by molar-refractivity contribution is 0.177. The van der Waals surface area contributed by atoms with E-state index in [1.54, 1.807) is 18.4 Å². The van der Waals surface area contributed by atoms with E-state index in [1.807, 2.05) is 9.42 Å². The van der Waals surface area contributed by atoms with Crippen LogP contribution in [0, 0.1) is 6.92 Å². The third-order valence-corrected chi connectivity index (χ3v) is 7.57. The largest absolute Gasteiger partial charge is 0.383 e. The molecule has 2 aromatic heterocycles. The standard InChI is InChI=1S/C24H33N7O2S/c1-17-6-5-7-18(16-17)20-21(26-19-8-3-4-9-19)31-23(27-20)34-24(28-31)30-13-11-29(12-14-30)22(32)25-10-15-33-2/h5-7,16,19,26H,3-4,8-15H2,1-2H3,(H,25,32). The maximum Gasteiger partial charge on any atom is 0.317 e. The minimum Gasteiger partial charge on any atom is -0.383 e. The number of nitrogens with one attached hydrogen (secondary N) is 2. The van der Waals surface area contributed by atoms with Crippen molar-refractivity contribution in [3.63, 3.8) is 0 Å². The molecule has 1 aromatic carbocycles. The van der Waals surface area contributed by atoms with Crippen molar-refractivity contribution < 1.29 is 9.53 Å². The van der Waals surface area contributed by atoms with E-state index in [-0.39, 0.29) is 6.03 Å². The number of ether oxygens (including phenoxy) is 1. The van der Waals surface area contributed by atoms with E-state index in [0.29, 0.717) is 32.3 Å². The number of anilines is 2. The highest BCUT2D eigenvalue weighted by molar-refractivity contribution is 7.20. The monoisotopic (exact) mass is 483 g/mol. The number of hydrogen-bond donors (Lipinski definition) is 2. The predicted molar refractivity (Wildman–Crippen MR) is 136 cm³/mol. The number of benzene rings is 1. The lowest BCUT2D eigenvalue weighted by atomic mass is 10.1. The summed E-state index contributed by atoms with van der Waals surface area (Å²) in [6, 6.07) is 8.94. The summed E-state index contributed by atoms with van der Waals surface area (Å²) in [5, 5.41) is 12.6. The average molecular weight is 484 g/mol. The first-order valence-electron chi connectivity index (χ1n) is 12.1. The number of carbonyl (C=O) groups is 1. The van der Waals surface area contributed by atoms with Gasteiger partial charge in [-0.3, -0.25) is 0 Å². The Morgan fingerprint density at radius 1 is 1.21 bits per heavy atom. The maximum absolute atomic E-state index is 12.3. The molecule has 1 aliphatic carbocycles. The van der Waals surface area contributed by atoms with Crippen molar-refractivity contribution in [2.24, 2.45) is 0 Å². The zero-order valence-electron chi connectivity index (χ0n) is 19.9. The fourth-order valence-corrected chi connectivity index (χ4v) is 5.68. The summed E-state index contributed by atoms with van der Waals surface area (Å²) in [6.07, 6.45) is 4.91. The number of rotatable bonds is 7. The summed E-state index contributed by atoms with van der Waals surface area (Å²) in [5.74, 6) is 0.992. The first-order valence-corrected chi connectivity index (χ1v) is 12.9. The van der Waals surface area contributed by atoms with Gasteiger partial charge in [0.1, 0.15) is 5.69 Å². The van der Waals surface area contributed by atoms with Crippen LogP contribution in [-0.2, 0) is 4.74 Å². The van der Waals surface area contributed by atoms with E-state index >= 15 is 0 Å². The number of methoxy groups -OCH3 is 1. The maximum atomic E-state index is 12.3. The van der Waals surface area contributed by atoms with Gasteiger partial charge < -0.3 is 25.2 Å². The second-order valence-corrected chi connectivity index (χ2v) is 10.0. The number of fused-ring (bicyclic) bond motifs is 1. The van der Waals surface area contributed by atoms with Gasteiger partial charge in [-0.05, 0) is 25.8 Å². The van der Waals surface area contributed by atoms with Gasteiger partial charge in [-0.25, -0.2) is 9.78 Å². The number of nitrogens with zero attached hydrogens (tertiary/aromatic N) is 5. The zero-order chi connectivity index (χ0) is 23.5. The normalized spacial score (nSPS) is 17.0. The number of hydrogen-bond acceptors (Lipinski definition) is 7. The lowest BCUT2D eigenvalue weighted by Crippen LogP contribution is -2.52. The Balaban J connectivity index is 1.35. The number of carbonyl (C=O) groups excluding carboxylic acids is 1. The van der Waals surface area contributed by atoms with Crippen LogP contribution in [-0.4, -0.2) is 78.0 Å². The van der Waals surface area contributed by atoms with E-state index in [1.165, 1.54) is 31.2 Å². The molecule has 0 radical (unpaired) electrons. The van der Waals surface area contributed by atoms with Crippen LogP contribution in [0.5, 0.6) is 0 Å². The fraction of sp³-hybridized carbons (Fsp3) is 0.542. The first-order chi connectivity index (χ1) is 16.6. The summed E-state index contributed by atoms with van der Waals surface area (Å²) in [5.41, 5.74) is 3.31. The van der Waals surface area contributed by atoms with Gasteiger partial charge in [0.05, 0.1) is 6.61 Å². The molecular formula is C24H33N7O2S. The molecule has 5 rings (SSSR count). The Bertz CT molecular complexity index is 1130. The number of urea groups is 1. The highest BCUT2D eigenvalue weighted by Gasteiger charge is 2.26. The Morgan fingerprint density at radius 3 is 2.74 bits per heavy atom. The van der Waals surface area contributed by atoms with Gasteiger partial charge in [-0.2, -0.15) is 4.52 Å². The van der Waals surface area contributed by atoms with E-state index in [2.05, 4.69) is 46.7 Å². The summed E-state index contributed by atoms with van der Waals surface area (Å²) in [7, 11) is 1.63. The van der Waals surface area contributed by atoms with Crippen LogP contribution in [0.4, 0.5) is 15.7 Å². The van der Waals surface area contributed by atoms with Gasteiger partial charge in [0.2, 0.25) is 10.1 Å². The van der Waals surface area contributed by atoms with Gasteiger partial charge in [0.15, 0.2) is 5.82 Å². The third kappa shape index (κ3) is 4.83. The Labute approximate surface area is 204 Å². The second-order valence-electron chi connectivity index (χ2n) is 9.08. The molecule has 1 saturated carbocycles.